The summed E-state index contributed by atoms with van der Waals surface area (Å²) in [5.74, 6) is 1.66. The van der Waals surface area contributed by atoms with Gasteiger partial charge in [-0.2, -0.15) is 15.1 Å². The van der Waals surface area contributed by atoms with E-state index in [4.69, 9.17) is 4.74 Å². The van der Waals surface area contributed by atoms with Crippen LogP contribution in [0.5, 0.6) is 0 Å². The molecule has 7 heteroatoms. The lowest BCUT2D eigenvalue weighted by Gasteiger charge is -2.26. The van der Waals surface area contributed by atoms with Crippen LogP contribution in [0.3, 0.4) is 0 Å². The first kappa shape index (κ1) is 14.1. The number of hydrogen-bond acceptors (Lipinski definition) is 6. The molecule has 4 rings (SSSR count). The number of ether oxygens (including phenoxy) is 1. The smallest absolute Gasteiger partial charge is 0.229 e. The van der Waals surface area contributed by atoms with E-state index in [0.717, 1.165) is 74.2 Å². The van der Waals surface area contributed by atoms with Crippen molar-refractivity contribution in [2.45, 2.75) is 26.7 Å². The zero-order valence-corrected chi connectivity index (χ0v) is 12.6. The van der Waals surface area contributed by atoms with Gasteiger partial charge in [0.25, 0.3) is 0 Å². The predicted octanol–water partition coefficient (Wildman–Crippen LogP) is 1.57. The summed E-state index contributed by atoms with van der Waals surface area (Å²) < 4.78 is 5.37. The zero-order valence-electron chi connectivity index (χ0n) is 12.6. The number of morpholine rings is 1. The molecular formula is C14H22N6O. The van der Waals surface area contributed by atoms with E-state index in [1.807, 2.05) is 13.8 Å². The SMILES string of the molecule is C1CNc2nc(N3CCOCC3)nc3n[nH]c(c23)C1.CC. The molecule has 0 radical (unpaired) electrons. The summed E-state index contributed by atoms with van der Waals surface area (Å²) in [6, 6.07) is 0. The number of hydrogen-bond donors (Lipinski definition) is 2. The second-order valence-electron chi connectivity index (χ2n) is 4.90. The van der Waals surface area contributed by atoms with Crippen LogP contribution in [0.15, 0.2) is 0 Å². The van der Waals surface area contributed by atoms with Gasteiger partial charge in [-0.15, -0.1) is 0 Å². The van der Waals surface area contributed by atoms with E-state index in [9.17, 15) is 0 Å². The monoisotopic (exact) mass is 290 g/mol. The van der Waals surface area contributed by atoms with Crippen molar-refractivity contribution in [2.24, 2.45) is 0 Å². The molecule has 114 valence electrons. The molecule has 2 aromatic rings. The highest BCUT2D eigenvalue weighted by Gasteiger charge is 2.21. The quantitative estimate of drug-likeness (QED) is 0.830. The average molecular weight is 290 g/mol. The normalized spacial score (nSPS) is 17.7. The van der Waals surface area contributed by atoms with Crippen molar-refractivity contribution >= 4 is 22.8 Å². The highest BCUT2D eigenvalue weighted by Crippen LogP contribution is 2.28. The van der Waals surface area contributed by atoms with Gasteiger partial charge in [-0.25, -0.2) is 0 Å². The molecule has 0 aromatic carbocycles. The van der Waals surface area contributed by atoms with Crippen molar-refractivity contribution < 1.29 is 4.74 Å². The molecule has 0 bridgehead atoms. The van der Waals surface area contributed by atoms with Crippen LogP contribution in [0.25, 0.3) is 11.0 Å². The van der Waals surface area contributed by atoms with Crippen molar-refractivity contribution in [1.29, 1.82) is 0 Å². The molecule has 1 saturated heterocycles. The molecule has 2 aliphatic heterocycles. The van der Waals surface area contributed by atoms with Gasteiger partial charge in [0, 0.05) is 25.3 Å². The second-order valence-corrected chi connectivity index (χ2v) is 4.90. The Labute approximate surface area is 124 Å². The lowest BCUT2D eigenvalue weighted by molar-refractivity contribution is 0.122. The van der Waals surface area contributed by atoms with Crippen molar-refractivity contribution in [3.63, 3.8) is 0 Å². The van der Waals surface area contributed by atoms with Crippen molar-refractivity contribution in [3.8, 4) is 0 Å². The molecule has 0 amide bonds. The number of aromatic nitrogens is 4. The molecule has 0 atom stereocenters. The number of H-pyrrole nitrogens is 1. The number of anilines is 2. The van der Waals surface area contributed by atoms with Gasteiger partial charge in [0.05, 0.1) is 18.6 Å². The number of aromatic amines is 1. The van der Waals surface area contributed by atoms with Crippen molar-refractivity contribution in [1.82, 2.24) is 20.2 Å². The Bertz CT molecular complexity index is 605. The fourth-order valence-electron chi connectivity index (χ4n) is 2.66. The lowest BCUT2D eigenvalue weighted by Crippen LogP contribution is -2.37. The van der Waals surface area contributed by atoms with Gasteiger partial charge < -0.3 is 15.0 Å². The van der Waals surface area contributed by atoms with E-state index in [1.165, 1.54) is 0 Å². The highest BCUT2D eigenvalue weighted by atomic mass is 16.5. The number of nitrogens with one attached hydrogen (secondary N) is 2. The van der Waals surface area contributed by atoms with E-state index >= 15 is 0 Å². The Hall–Kier alpha value is -1.89. The minimum Gasteiger partial charge on any atom is -0.378 e. The largest absolute Gasteiger partial charge is 0.378 e. The summed E-state index contributed by atoms with van der Waals surface area (Å²) in [4.78, 5) is 11.4. The van der Waals surface area contributed by atoms with Gasteiger partial charge in [-0.05, 0) is 12.8 Å². The molecular weight excluding hydrogens is 268 g/mol. The Morgan fingerprint density at radius 1 is 1.14 bits per heavy atom. The topological polar surface area (TPSA) is 79.0 Å². The molecule has 1 fully saturated rings. The molecule has 2 N–H and O–H groups in total. The molecule has 0 spiro atoms. The third kappa shape index (κ3) is 2.65. The Morgan fingerprint density at radius 2 is 1.95 bits per heavy atom. The van der Waals surface area contributed by atoms with Crippen LogP contribution in [-0.2, 0) is 11.2 Å². The summed E-state index contributed by atoms with van der Waals surface area (Å²) in [6.45, 7) is 8.08. The first-order chi connectivity index (χ1) is 10.4. The first-order valence-electron chi connectivity index (χ1n) is 7.73. The minimum absolute atomic E-state index is 0.732. The molecule has 0 saturated carbocycles. The molecule has 0 unspecified atom stereocenters. The van der Waals surface area contributed by atoms with Gasteiger partial charge in [0.2, 0.25) is 5.95 Å². The third-order valence-corrected chi connectivity index (χ3v) is 3.67. The first-order valence-corrected chi connectivity index (χ1v) is 7.73. The van der Waals surface area contributed by atoms with E-state index in [2.05, 4.69) is 30.4 Å². The maximum atomic E-state index is 5.37. The van der Waals surface area contributed by atoms with E-state index < -0.39 is 0 Å². The third-order valence-electron chi connectivity index (χ3n) is 3.67. The maximum Gasteiger partial charge on any atom is 0.229 e. The van der Waals surface area contributed by atoms with E-state index in [1.54, 1.807) is 0 Å². The van der Waals surface area contributed by atoms with Crippen LogP contribution in [0.2, 0.25) is 0 Å². The van der Waals surface area contributed by atoms with Crippen LogP contribution in [0.1, 0.15) is 26.0 Å². The van der Waals surface area contributed by atoms with Crippen molar-refractivity contribution in [3.05, 3.63) is 5.69 Å². The molecule has 2 aromatic heterocycles. The van der Waals surface area contributed by atoms with Crippen LogP contribution < -0.4 is 10.2 Å². The Morgan fingerprint density at radius 3 is 2.76 bits per heavy atom. The number of nitrogens with zero attached hydrogens (tertiary/aromatic N) is 4. The highest BCUT2D eigenvalue weighted by molar-refractivity contribution is 5.90. The minimum atomic E-state index is 0.732. The van der Waals surface area contributed by atoms with E-state index in [-0.39, 0.29) is 0 Å². The number of rotatable bonds is 1. The Kier molecular flexibility index (Phi) is 4.19. The van der Waals surface area contributed by atoms with Gasteiger partial charge in [0.1, 0.15) is 5.82 Å². The summed E-state index contributed by atoms with van der Waals surface area (Å²) >= 11 is 0. The molecule has 4 heterocycles. The average Bonchev–Trinajstić information content (AvgIpc) is 2.85. The summed E-state index contributed by atoms with van der Waals surface area (Å²) in [5.41, 5.74) is 1.90. The van der Waals surface area contributed by atoms with Crippen LogP contribution in [-0.4, -0.2) is 53.0 Å². The van der Waals surface area contributed by atoms with Crippen LogP contribution in [0.4, 0.5) is 11.8 Å². The maximum absolute atomic E-state index is 5.37. The summed E-state index contributed by atoms with van der Waals surface area (Å²) in [6.07, 6.45) is 2.08. The van der Waals surface area contributed by atoms with Gasteiger partial charge in [0.15, 0.2) is 5.65 Å². The molecule has 2 aliphatic rings. The van der Waals surface area contributed by atoms with E-state index in [0.29, 0.717) is 0 Å². The lowest BCUT2D eigenvalue weighted by atomic mass is 10.2. The van der Waals surface area contributed by atoms with Gasteiger partial charge in [-0.1, -0.05) is 13.8 Å². The molecule has 7 nitrogen and oxygen atoms in total. The summed E-state index contributed by atoms with van der Waals surface area (Å²) in [5, 5.41) is 11.8. The van der Waals surface area contributed by atoms with Crippen LogP contribution >= 0.6 is 0 Å². The summed E-state index contributed by atoms with van der Waals surface area (Å²) in [7, 11) is 0. The van der Waals surface area contributed by atoms with Gasteiger partial charge >= 0.3 is 0 Å². The molecule has 0 aliphatic carbocycles. The van der Waals surface area contributed by atoms with Gasteiger partial charge in [-0.3, -0.25) is 5.10 Å². The predicted molar refractivity (Wildman–Crippen MR) is 82.9 cm³/mol. The Balaban J connectivity index is 0.000000636. The standard InChI is InChI=1S/C12H16N6O.C2H6/c1-2-8-9-10(13-3-1)14-12(15-11(9)17-16-8)18-4-6-19-7-5-18;1-2/h1-7H2,(H2,13,14,15,16,17);1-2H3. The number of aryl methyl sites for hydroxylation is 1. The second kappa shape index (κ2) is 6.26. The van der Waals surface area contributed by atoms with Crippen molar-refractivity contribution in [2.75, 3.05) is 43.1 Å². The fourth-order valence-corrected chi connectivity index (χ4v) is 2.66. The fraction of sp³-hybridized carbons (Fsp3) is 0.643. The zero-order chi connectivity index (χ0) is 14.7. The molecule has 21 heavy (non-hydrogen) atoms. The van der Waals surface area contributed by atoms with Crippen LogP contribution in [0, 0.1) is 0 Å².